The lowest BCUT2D eigenvalue weighted by Gasteiger charge is -2.11. The molecule has 0 unspecified atom stereocenters. The summed E-state index contributed by atoms with van der Waals surface area (Å²) in [5.41, 5.74) is 2.05. The van der Waals surface area contributed by atoms with Crippen LogP contribution in [0.15, 0.2) is 29.0 Å². The first-order chi connectivity index (χ1) is 13.1. The van der Waals surface area contributed by atoms with Crippen LogP contribution in [0.2, 0.25) is 0 Å². The second-order valence-corrected chi connectivity index (χ2v) is 6.98. The lowest BCUT2D eigenvalue weighted by molar-refractivity contribution is 0.0938. The van der Waals surface area contributed by atoms with Gasteiger partial charge in [-0.15, -0.1) is 0 Å². The van der Waals surface area contributed by atoms with E-state index in [1.54, 1.807) is 17.1 Å². The van der Waals surface area contributed by atoms with Crippen LogP contribution in [0.4, 0.5) is 0 Å². The van der Waals surface area contributed by atoms with Crippen LogP contribution in [0.1, 0.15) is 60.9 Å². The minimum absolute atomic E-state index is 0.118. The summed E-state index contributed by atoms with van der Waals surface area (Å²) < 4.78 is 6.98. The Balaban J connectivity index is 1.54. The molecule has 3 aromatic heterocycles. The zero-order valence-electron chi connectivity index (χ0n) is 15.6. The van der Waals surface area contributed by atoms with Crippen molar-refractivity contribution < 1.29 is 9.32 Å². The average molecular weight is 366 g/mol. The fourth-order valence-corrected chi connectivity index (χ4v) is 2.76. The maximum atomic E-state index is 12.4. The number of aromatic nitrogens is 5. The van der Waals surface area contributed by atoms with Crippen LogP contribution in [0, 0.1) is 6.92 Å². The Morgan fingerprint density at radius 1 is 1.37 bits per heavy atom. The van der Waals surface area contributed by atoms with Crippen LogP contribution < -0.4 is 5.32 Å². The van der Waals surface area contributed by atoms with Crippen LogP contribution in [-0.4, -0.2) is 36.9 Å². The minimum atomic E-state index is -0.122. The molecule has 1 aliphatic carbocycles. The number of carbonyl (C=O) groups excluding carboxylic acids is 1. The summed E-state index contributed by atoms with van der Waals surface area (Å²) >= 11 is 0. The Kier molecular flexibility index (Phi) is 4.47. The van der Waals surface area contributed by atoms with Gasteiger partial charge in [-0.3, -0.25) is 4.79 Å². The van der Waals surface area contributed by atoms with E-state index in [1.807, 2.05) is 32.9 Å². The van der Waals surface area contributed by atoms with Crippen LogP contribution in [0.5, 0.6) is 0 Å². The van der Waals surface area contributed by atoms with E-state index in [9.17, 15) is 4.79 Å². The number of pyridine rings is 1. The van der Waals surface area contributed by atoms with E-state index < -0.39 is 0 Å². The summed E-state index contributed by atoms with van der Waals surface area (Å²) in [6.07, 6.45) is 6.38. The van der Waals surface area contributed by atoms with Crippen molar-refractivity contribution in [2.24, 2.45) is 0 Å². The van der Waals surface area contributed by atoms with Gasteiger partial charge in [-0.1, -0.05) is 12.1 Å². The second kappa shape index (κ2) is 6.94. The molecule has 1 atom stereocenters. The normalized spacial score (nSPS) is 14.9. The number of nitrogens with one attached hydrogen (secondary N) is 1. The quantitative estimate of drug-likeness (QED) is 0.720. The number of hydrogen-bond acceptors (Lipinski definition) is 6. The van der Waals surface area contributed by atoms with Crippen molar-refractivity contribution in [3.63, 3.8) is 0 Å². The van der Waals surface area contributed by atoms with Gasteiger partial charge in [0, 0.05) is 18.2 Å². The largest absolute Gasteiger partial charge is 0.349 e. The third kappa shape index (κ3) is 3.47. The maximum Gasteiger partial charge on any atom is 0.259 e. The summed E-state index contributed by atoms with van der Waals surface area (Å²) in [5, 5.41) is 11.3. The Bertz CT molecular complexity index is 955. The van der Waals surface area contributed by atoms with Gasteiger partial charge in [-0.25, -0.2) is 9.67 Å². The molecule has 1 saturated carbocycles. The molecule has 3 aromatic rings. The number of amides is 1. The highest BCUT2D eigenvalue weighted by Gasteiger charge is 2.29. The predicted molar refractivity (Wildman–Crippen MR) is 98.6 cm³/mol. The Morgan fingerprint density at radius 3 is 2.85 bits per heavy atom. The van der Waals surface area contributed by atoms with Crippen LogP contribution >= 0.6 is 0 Å². The predicted octanol–water partition coefficient (Wildman–Crippen LogP) is 3.03. The van der Waals surface area contributed by atoms with Crippen molar-refractivity contribution in [1.82, 2.24) is 30.2 Å². The summed E-state index contributed by atoms with van der Waals surface area (Å²) in [6.45, 7) is 5.86. The smallest absolute Gasteiger partial charge is 0.259 e. The van der Waals surface area contributed by atoms with Gasteiger partial charge in [-0.05, 0) is 45.2 Å². The molecule has 3 heterocycles. The Morgan fingerprint density at radius 2 is 2.19 bits per heavy atom. The number of carbonyl (C=O) groups is 1. The molecule has 1 aliphatic rings. The van der Waals surface area contributed by atoms with Crippen molar-refractivity contribution in [1.29, 1.82) is 0 Å². The van der Waals surface area contributed by atoms with Crippen molar-refractivity contribution in [3.8, 4) is 17.3 Å². The van der Waals surface area contributed by atoms with Gasteiger partial charge < -0.3 is 9.84 Å². The molecule has 1 amide bonds. The zero-order valence-corrected chi connectivity index (χ0v) is 15.6. The molecule has 1 N–H and O–H groups in total. The van der Waals surface area contributed by atoms with Crippen molar-refractivity contribution in [2.45, 2.75) is 52.0 Å². The van der Waals surface area contributed by atoms with Crippen LogP contribution in [0.25, 0.3) is 17.3 Å². The molecule has 27 heavy (non-hydrogen) atoms. The Labute approximate surface area is 157 Å². The molecule has 0 spiro atoms. The van der Waals surface area contributed by atoms with E-state index in [0.29, 0.717) is 23.2 Å². The van der Waals surface area contributed by atoms with Crippen LogP contribution in [0.3, 0.4) is 0 Å². The van der Waals surface area contributed by atoms with Gasteiger partial charge in [-0.2, -0.15) is 10.1 Å². The lowest BCUT2D eigenvalue weighted by Crippen LogP contribution is -2.32. The molecule has 8 heteroatoms. The highest BCUT2D eigenvalue weighted by atomic mass is 16.5. The third-order valence-corrected chi connectivity index (χ3v) is 4.84. The molecule has 0 aromatic carbocycles. The van der Waals surface area contributed by atoms with E-state index in [1.165, 1.54) is 0 Å². The number of hydrogen-bond donors (Lipinski definition) is 1. The van der Waals surface area contributed by atoms with Crippen LogP contribution in [-0.2, 0) is 0 Å². The molecule has 140 valence electrons. The highest BCUT2D eigenvalue weighted by molar-refractivity contribution is 5.95. The van der Waals surface area contributed by atoms with Crippen molar-refractivity contribution >= 4 is 5.91 Å². The average Bonchev–Trinajstić information content (AvgIpc) is 3.28. The van der Waals surface area contributed by atoms with Crippen molar-refractivity contribution in [3.05, 3.63) is 41.6 Å². The van der Waals surface area contributed by atoms with E-state index in [-0.39, 0.29) is 11.9 Å². The fourth-order valence-electron chi connectivity index (χ4n) is 2.76. The maximum absolute atomic E-state index is 12.4. The first kappa shape index (κ1) is 17.4. The topological polar surface area (TPSA) is 98.7 Å². The van der Waals surface area contributed by atoms with E-state index in [0.717, 1.165) is 36.3 Å². The molecule has 8 nitrogen and oxygen atoms in total. The summed E-state index contributed by atoms with van der Waals surface area (Å²) in [4.78, 5) is 21.2. The fraction of sp³-hybridized carbons (Fsp3) is 0.421. The van der Waals surface area contributed by atoms with E-state index in [4.69, 9.17) is 4.52 Å². The van der Waals surface area contributed by atoms with Crippen molar-refractivity contribution in [2.75, 3.05) is 0 Å². The molecule has 1 fully saturated rings. The zero-order chi connectivity index (χ0) is 19.0. The molecule has 0 saturated heterocycles. The lowest BCUT2D eigenvalue weighted by atomic mass is 10.2. The summed E-state index contributed by atoms with van der Waals surface area (Å²) in [7, 11) is 0. The molecular formula is C19H22N6O2. The molecule has 0 bridgehead atoms. The molecule has 0 radical (unpaired) electrons. The summed E-state index contributed by atoms with van der Waals surface area (Å²) in [6, 6.07) is 3.81. The standard InChI is InChI=1S/C19H22N6O2/c1-4-11(2)22-18(26)15-10-21-25(12(15)3)16-8-7-14(9-20-16)19-23-17(24-27-19)13-5-6-13/h7-11,13H,4-6H2,1-3H3,(H,22,26)/t11-/m1/s1. The van der Waals surface area contributed by atoms with Gasteiger partial charge in [0.15, 0.2) is 11.6 Å². The summed E-state index contributed by atoms with van der Waals surface area (Å²) in [5.74, 6) is 2.20. The van der Waals surface area contributed by atoms with Gasteiger partial charge >= 0.3 is 0 Å². The molecular weight excluding hydrogens is 344 g/mol. The first-order valence-electron chi connectivity index (χ1n) is 9.22. The minimum Gasteiger partial charge on any atom is -0.349 e. The highest BCUT2D eigenvalue weighted by Crippen LogP contribution is 2.38. The van der Waals surface area contributed by atoms with Gasteiger partial charge in [0.2, 0.25) is 0 Å². The number of rotatable bonds is 6. The third-order valence-electron chi connectivity index (χ3n) is 4.84. The second-order valence-electron chi connectivity index (χ2n) is 6.98. The van der Waals surface area contributed by atoms with E-state index in [2.05, 4.69) is 25.5 Å². The van der Waals surface area contributed by atoms with Gasteiger partial charge in [0.25, 0.3) is 11.8 Å². The van der Waals surface area contributed by atoms with Gasteiger partial charge in [0.05, 0.1) is 23.0 Å². The first-order valence-corrected chi connectivity index (χ1v) is 9.22. The molecule has 0 aliphatic heterocycles. The Hall–Kier alpha value is -3.03. The van der Waals surface area contributed by atoms with Gasteiger partial charge in [0.1, 0.15) is 0 Å². The SMILES string of the molecule is CC[C@@H](C)NC(=O)c1cnn(-c2ccc(-c3nc(C4CC4)no3)cn2)c1C. The van der Waals surface area contributed by atoms with E-state index >= 15 is 0 Å². The monoisotopic (exact) mass is 366 g/mol. The number of nitrogens with zero attached hydrogens (tertiary/aromatic N) is 5. The molecule has 4 rings (SSSR count).